The average Bonchev–Trinajstić information content (AvgIpc) is 3.44. The number of carbonyl (C=O) groups is 2. The summed E-state index contributed by atoms with van der Waals surface area (Å²) in [6.45, 7) is 0.681. The van der Waals surface area contributed by atoms with E-state index in [0.717, 1.165) is 16.8 Å². The molecule has 0 aromatic carbocycles. The van der Waals surface area contributed by atoms with Crippen LogP contribution in [0.5, 0.6) is 0 Å². The van der Waals surface area contributed by atoms with Crippen LogP contribution in [0, 0.1) is 0 Å². The van der Waals surface area contributed by atoms with Crippen molar-refractivity contribution in [2.75, 3.05) is 12.3 Å². The number of nitrogen functional groups attached to an aromatic ring is 1. The van der Waals surface area contributed by atoms with Crippen molar-refractivity contribution in [3.05, 3.63) is 41.5 Å². The first-order valence-electron chi connectivity index (χ1n) is 12.5. The first-order chi connectivity index (χ1) is 19.1. The molecule has 0 radical (unpaired) electrons. The molecule has 3 atom stereocenters. The number of anilines is 1. The zero-order valence-electron chi connectivity index (χ0n) is 21.4. The minimum absolute atomic E-state index is 0.0345. The third-order valence-electron chi connectivity index (χ3n) is 7.87. The van der Waals surface area contributed by atoms with E-state index in [0.29, 0.717) is 37.4 Å². The Balaban J connectivity index is 1.58. The second-order valence-electron chi connectivity index (χ2n) is 10.3. The van der Waals surface area contributed by atoms with Gasteiger partial charge in [0.05, 0.1) is 23.1 Å². The lowest BCUT2D eigenvalue weighted by Gasteiger charge is -2.39. The van der Waals surface area contributed by atoms with Crippen molar-refractivity contribution in [3.8, 4) is 11.1 Å². The van der Waals surface area contributed by atoms with Crippen molar-refractivity contribution in [1.82, 2.24) is 24.5 Å². The Hall–Kier alpha value is -3.79. The van der Waals surface area contributed by atoms with Crippen LogP contribution >= 0.6 is 0 Å². The second-order valence-corrected chi connectivity index (χ2v) is 10.3. The van der Waals surface area contributed by atoms with Gasteiger partial charge in [0.15, 0.2) is 11.4 Å². The van der Waals surface area contributed by atoms with E-state index in [1.54, 1.807) is 4.90 Å². The SMILES string of the molecule is CC(=O)c1c([C@@H]2C[C@H]3CC[C@@H](C2)N3C(=O)CO)nc2c(-c3ccc(C(O)(C(F)(F)F)C(F)(F)F)nc3)cnn2c1N. The summed E-state index contributed by atoms with van der Waals surface area (Å²) >= 11 is 0. The molecule has 2 aliphatic rings. The van der Waals surface area contributed by atoms with Gasteiger partial charge in [-0.1, -0.05) is 6.07 Å². The number of piperidine rings is 1. The van der Waals surface area contributed by atoms with Gasteiger partial charge in [0.2, 0.25) is 5.91 Å². The Morgan fingerprint density at radius 1 is 1.05 bits per heavy atom. The molecule has 0 saturated carbocycles. The highest BCUT2D eigenvalue weighted by Gasteiger charge is 2.72. The van der Waals surface area contributed by atoms with E-state index in [4.69, 9.17) is 5.73 Å². The van der Waals surface area contributed by atoms with Gasteiger partial charge >= 0.3 is 12.4 Å². The van der Waals surface area contributed by atoms with Gasteiger partial charge in [-0.2, -0.15) is 36.0 Å². The number of hydrogen-bond acceptors (Lipinski definition) is 8. The fourth-order valence-corrected chi connectivity index (χ4v) is 6.00. The molecule has 10 nitrogen and oxygen atoms in total. The summed E-state index contributed by atoms with van der Waals surface area (Å²) in [6.07, 6.45) is -7.92. The summed E-state index contributed by atoms with van der Waals surface area (Å²) in [5.74, 6) is -1.14. The van der Waals surface area contributed by atoms with Crippen LogP contribution in [0.2, 0.25) is 0 Å². The topological polar surface area (TPSA) is 147 Å². The number of halogens is 6. The molecule has 0 aliphatic carbocycles. The molecule has 1 amide bonds. The van der Waals surface area contributed by atoms with Crippen molar-refractivity contribution in [2.45, 2.75) is 68.6 Å². The van der Waals surface area contributed by atoms with Crippen LogP contribution in [0.3, 0.4) is 0 Å². The normalized spacial score (nSPS) is 21.5. The van der Waals surface area contributed by atoms with Crippen LogP contribution in [0.4, 0.5) is 32.2 Å². The van der Waals surface area contributed by atoms with E-state index >= 15 is 0 Å². The van der Waals surface area contributed by atoms with Gasteiger partial charge in [-0.25, -0.2) is 4.98 Å². The summed E-state index contributed by atoms with van der Waals surface area (Å²) < 4.78 is 80.8. The van der Waals surface area contributed by atoms with E-state index in [1.165, 1.54) is 13.1 Å². The molecule has 41 heavy (non-hydrogen) atoms. The van der Waals surface area contributed by atoms with Crippen LogP contribution in [-0.2, 0) is 10.4 Å². The highest BCUT2D eigenvalue weighted by Crippen LogP contribution is 2.50. The highest BCUT2D eigenvalue weighted by molar-refractivity contribution is 6.00. The number of ketones is 1. The van der Waals surface area contributed by atoms with E-state index in [9.17, 15) is 46.1 Å². The molecule has 2 saturated heterocycles. The third-order valence-corrected chi connectivity index (χ3v) is 7.87. The lowest BCUT2D eigenvalue weighted by atomic mass is 9.85. The number of nitrogens with zero attached hydrogens (tertiary/aromatic N) is 5. The minimum Gasteiger partial charge on any atom is -0.387 e. The Bertz CT molecular complexity index is 1490. The van der Waals surface area contributed by atoms with Crippen molar-refractivity contribution >= 4 is 23.2 Å². The number of Topliss-reactive ketones (excluding diaryl/α,β-unsaturated/α-hetero) is 1. The lowest BCUT2D eigenvalue weighted by Crippen LogP contribution is -2.54. The quantitative estimate of drug-likeness (QED) is 0.305. The Kier molecular flexibility index (Phi) is 6.76. The minimum atomic E-state index is -6.09. The zero-order chi connectivity index (χ0) is 30.1. The molecule has 16 heteroatoms. The fourth-order valence-electron chi connectivity index (χ4n) is 6.00. The summed E-state index contributed by atoms with van der Waals surface area (Å²) in [7, 11) is 0. The van der Waals surface area contributed by atoms with Crippen molar-refractivity contribution in [1.29, 1.82) is 0 Å². The Morgan fingerprint density at radius 2 is 1.66 bits per heavy atom. The molecular weight excluding hydrogens is 562 g/mol. The molecule has 0 spiro atoms. The number of amides is 1. The average molecular weight is 586 g/mol. The predicted molar refractivity (Wildman–Crippen MR) is 129 cm³/mol. The first-order valence-corrected chi connectivity index (χ1v) is 12.5. The summed E-state index contributed by atoms with van der Waals surface area (Å²) in [5, 5.41) is 23.1. The Morgan fingerprint density at radius 3 is 2.15 bits per heavy atom. The maximum atomic E-state index is 13.3. The van der Waals surface area contributed by atoms with Gasteiger partial charge in [-0.15, -0.1) is 0 Å². The van der Waals surface area contributed by atoms with Crippen molar-refractivity contribution in [2.24, 2.45) is 0 Å². The number of aliphatic hydroxyl groups is 2. The molecule has 2 bridgehead atoms. The number of hydrogen-bond donors (Lipinski definition) is 3. The number of carbonyl (C=O) groups excluding carboxylic acids is 2. The van der Waals surface area contributed by atoms with Gasteiger partial charge in [-0.3, -0.25) is 14.6 Å². The van der Waals surface area contributed by atoms with Crippen molar-refractivity contribution in [3.63, 3.8) is 0 Å². The van der Waals surface area contributed by atoms with Gasteiger partial charge in [0, 0.05) is 35.3 Å². The number of aliphatic hydroxyl groups excluding tert-OH is 1. The molecule has 220 valence electrons. The zero-order valence-corrected chi connectivity index (χ0v) is 21.4. The second kappa shape index (κ2) is 9.65. The maximum Gasteiger partial charge on any atom is 0.432 e. The van der Waals surface area contributed by atoms with Crippen LogP contribution in [0.25, 0.3) is 16.8 Å². The fraction of sp³-hybridized carbons (Fsp3) is 0.480. The maximum absolute atomic E-state index is 13.3. The molecule has 2 aliphatic heterocycles. The van der Waals surface area contributed by atoms with Crippen LogP contribution < -0.4 is 5.73 Å². The van der Waals surface area contributed by atoms with E-state index in [1.807, 2.05) is 0 Å². The molecule has 5 heterocycles. The number of rotatable bonds is 5. The van der Waals surface area contributed by atoms with Crippen LogP contribution in [-0.4, -0.2) is 77.4 Å². The largest absolute Gasteiger partial charge is 0.432 e. The molecular formula is C25H24F6N6O4. The summed E-state index contributed by atoms with van der Waals surface area (Å²) in [4.78, 5) is 34.5. The third kappa shape index (κ3) is 4.39. The Labute approximate surface area is 227 Å². The molecule has 2 fully saturated rings. The van der Waals surface area contributed by atoms with Crippen molar-refractivity contribution < 1.29 is 46.1 Å². The monoisotopic (exact) mass is 586 g/mol. The lowest BCUT2D eigenvalue weighted by molar-refractivity contribution is -0.377. The van der Waals surface area contributed by atoms with E-state index in [2.05, 4.69) is 15.1 Å². The number of alkyl halides is 6. The van der Waals surface area contributed by atoms with Crippen LogP contribution in [0.15, 0.2) is 24.5 Å². The van der Waals surface area contributed by atoms with Gasteiger partial charge < -0.3 is 20.8 Å². The predicted octanol–water partition coefficient (Wildman–Crippen LogP) is 3.12. The summed E-state index contributed by atoms with van der Waals surface area (Å²) in [5.41, 5.74) is 0.208. The highest BCUT2D eigenvalue weighted by atomic mass is 19.4. The number of pyridine rings is 1. The van der Waals surface area contributed by atoms with Gasteiger partial charge in [0.1, 0.15) is 12.4 Å². The van der Waals surface area contributed by atoms with Gasteiger partial charge in [-0.05, 0) is 38.7 Å². The smallest absolute Gasteiger partial charge is 0.387 e. The van der Waals surface area contributed by atoms with Crippen LogP contribution in [0.1, 0.15) is 60.3 Å². The molecule has 3 aromatic rings. The molecule has 5 rings (SSSR count). The molecule has 0 unspecified atom stereocenters. The first kappa shape index (κ1) is 28.7. The van der Waals surface area contributed by atoms with E-state index < -0.39 is 36.0 Å². The standard InChI is InChI=1S/C25H24F6N6O4/c1-11(39)19-20(13-6-14-3-4-15(7-13)36(14)18(40)10-38)35-22-16(9-34-37(22)21(19)32)12-2-5-17(33-8-12)23(41,24(26,27)28)25(29,30)31/h2,5,8-9,13-15,38,41H,3-4,6-7,10,32H2,1H3/t13-,14-,15+. The molecule has 4 N–H and O–H groups in total. The summed E-state index contributed by atoms with van der Waals surface area (Å²) in [6, 6.07) is 0.969. The number of aromatic nitrogens is 4. The molecule has 3 aromatic heterocycles. The number of fused-ring (bicyclic) bond motifs is 3. The van der Waals surface area contributed by atoms with Gasteiger partial charge in [0.25, 0.3) is 5.60 Å². The van der Waals surface area contributed by atoms with E-state index in [-0.39, 0.29) is 52.1 Å². The number of nitrogens with two attached hydrogens (primary N) is 1.